The maximum absolute atomic E-state index is 13.0. The highest BCUT2D eigenvalue weighted by molar-refractivity contribution is 7.80. The highest BCUT2D eigenvalue weighted by atomic mass is 32.1. The van der Waals surface area contributed by atoms with Crippen LogP contribution in [0.25, 0.3) is 0 Å². The van der Waals surface area contributed by atoms with Crippen LogP contribution in [0.4, 0.5) is 13.2 Å². The van der Waals surface area contributed by atoms with Crippen LogP contribution in [0.2, 0.25) is 0 Å². The molecule has 0 saturated carbocycles. The molecule has 0 aliphatic rings. The van der Waals surface area contributed by atoms with Crippen LogP contribution >= 0.6 is 12.2 Å². The minimum Gasteiger partial charge on any atom is -0.389 e. The molecule has 0 aromatic heterocycles. The van der Waals surface area contributed by atoms with Gasteiger partial charge in [-0.1, -0.05) is 18.3 Å². The largest absolute Gasteiger partial charge is 0.389 e. The summed E-state index contributed by atoms with van der Waals surface area (Å²) in [5, 5.41) is 0. The zero-order chi connectivity index (χ0) is 13.0. The van der Waals surface area contributed by atoms with Gasteiger partial charge in [-0.05, 0) is 24.7 Å². The van der Waals surface area contributed by atoms with Crippen molar-refractivity contribution in [2.75, 3.05) is 13.6 Å². The number of alkyl halides is 2. The van der Waals surface area contributed by atoms with Crippen LogP contribution in [-0.2, 0) is 6.54 Å². The molecule has 0 radical (unpaired) electrons. The minimum absolute atomic E-state index is 0.0601. The molecule has 0 atom stereocenters. The van der Waals surface area contributed by atoms with Crippen molar-refractivity contribution in [3.8, 4) is 0 Å². The smallest absolute Gasteiger partial charge is 0.251 e. The Bertz CT molecular complexity index is 410. The molecule has 94 valence electrons. The summed E-state index contributed by atoms with van der Waals surface area (Å²) >= 11 is 4.79. The van der Waals surface area contributed by atoms with E-state index in [0.29, 0.717) is 11.1 Å². The van der Waals surface area contributed by atoms with Crippen molar-refractivity contribution >= 4 is 17.2 Å². The topological polar surface area (TPSA) is 29.3 Å². The van der Waals surface area contributed by atoms with Gasteiger partial charge >= 0.3 is 0 Å². The fourth-order valence-electron chi connectivity index (χ4n) is 1.51. The second-order valence-corrected chi connectivity index (χ2v) is 4.19. The molecule has 0 spiro atoms. The molecule has 0 amide bonds. The molecule has 17 heavy (non-hydrogen) atoms. The first-order valence-corrected chi connectivity index (χ1v) is 5.36. The molecule has 0 aliphatic heterocycles. The normalized spacial score (nSPS) is 11.2. The van der Waals surface area contributed by atoms with E-state index in [0.717, 1.165) is 0 Å². The predicted octanol–water partition coefficient (Wildman–Crippen LogP) is 2.16. The van der Waals surface area contributed by atoms with Crippen LogP contribution in [0.1, 0.15) is 11.1 Å². The molecule has 0 aliphatic carbocycles. The second-order valence-electron chi connectivity index (χ2n) is 3.75. The third-order valence-electron chi connectivity index (χ3n) is 2.23. The van der Waals surface area contributed by atoms with Gasteiger partial charge < -0.3 is 5.73 Å². The van der Waals surface area contributed by atoms with Crippen molar-refractivity contribution in [2.24, 2.45) is 5.73 Å². The molecule has 0 fully saturated rings. The SMILES string of the molecule is CN(Cc1ccc(F)cc1C(N)=S)CC(F)F. The number of nitrogens with zero attached hydrogens (tertiary/aromatic N) is 1. The van der Waals surface area contributed by atoms with Crippen molar-refractivity contribution in [3.05, 3.63) is 35.1 Å². The average molecular weight is 262 g/mol. The number of hydrogen-bond acceptors (Lipinski definition) is 2. The molecular formula is C11H13F3N2S. The van der Waals surface area contributed by atoms with Gasteiger partial charge in [-0.3, -0.25) is 4.90 Å². The van der Waals surface area contributed by atoms with Crippen molar-refractivity contribution in [3.63, 3.8) is 0 Å². The quantitative estimate of drug-likeness (QED) is 0.825. The van der Waals surface area contributed by atoms with Gasteiger partial charge in [0.1, 0.15) is 10.8 Å². The van der Waals surface area contributed by atoms with E-state index >= 15 is 0 Å². The summed E-state index contributed by atoms with van der Waals surface area (Å²) in [5.41, 5.74) is 6.49. The standard InChI is InChI=1S/C11H13F3N2S/c1-16(6-10(13)14)5-7-2-3-8(12)4-9(7)11(15)17/h2-4,10H,5-6H2,1H3,(H2,15,17). The first-order valence-electron chi connectivity index (χ1n) is 4.95. The Labute approximate surface area is 103 Å². The molecule has 0 saturated heterocycles. The Morgan fingerprint density at radius 1 is 1.47 bits per heavy atom. The zero-order valence-corrected chi connectivity index (χ0v) is 10.1. The minimum atomic E-state index is -2.41. The van der Waals surface area contributed by atoms with Crippen molar-refractivity contribution in [1.82, 2.24) is 4.90 Å². The monoisotopic (exact) mass is 262 g/mol. The molecule has 1 aromatic carbocycles. The Morgan fingerprint density at radius 3 is 2.65 bits per heavy atom. The molecule has 0 bridgehead atoms. The Hall–Kier alpha value is -1.14. The lowest BCUT2D eigenvalue weighted by molar-refractivity contribution is 0.0975. The van der Waals surface area contributed by atoms with Gasteiger partial charge in [-0.2, -0.15) is 0 Å². The molecule has 1 rings (SSSR count). The van der Waals surface area contributed by atoms with E-state index in [1.54, 1.807) is 7.05 Å². The molecular weight excluding hydrogens is 249 g/mol. The summed E-state index contributed by atoms with van der Waals surface area (Å²) in [6, 6.07) is 3.98. The van der Waals surface area contributed by atoms with Crippen LogP contribution in [0, 0.1) is 5.82 Å². The predicted molar refractivity (Wildman–Crippen MR) is 64.6 cm³/mol. The summed E-state index contributed by atoms with van der Waals surface area (Å²) in [7, 11) is 1.55. The van der Waals surface area contributed by atoms with E-state index in [-0.39, 0.29) is 18.1 Å². The lowest BCUT2D eigenvalue weighted by atomic mass is 10.1. The summed E-state index contributed by atoms with van der Waals surface area (Å²) < 4.78 is 37.3. The van der Waals surface area contributed by atoms with E-state index in [9.17, 15) is 13.2 Å². The van der Waals surface area contributed by atoms with Crippen LogP contribution in [0.5, 0.6) is 0 Å². The third-order valence-corrected chi connectivity index (χ3v) is 2.45. The molecule has 0 unspecified atom stereocenters. The Balaban J connectivity index is 2.86. The number of thiocarbonyl (C=S) groups is 1. The molecule has 2 nitrogen and oxygen atoms in total. The van der Waals surface area contributed by atoms with Gasteiger partial charge in [0.25, 0.3) is 6.43 Å². The van der Waals surface area contributed by atoms with Crippen LogP contribution < -0.4 is 5.73 Å². The Kier molecular flexibility index (Phi) is 4.89. The lowest BCUT2D eigenvalue weighted by Crippen LogP contribution is -2.25. The maximum atomic E-state index is 13.0. The van der Waals surface area contributed by atoms with Crippen molar-refractivity contribution < 1.29 is 13.2 Å². The number of hydrogen-bond donors (Lipinski definition) is 1. The maximum Gasteiger partial charge on any atom is 0.251 e. The van der Waals surface area contributed by atoms with Gasteiger partial charge in [0, 0.05) is 12.1 Å². The van der Waals surface area contributed by atoms with Gasteiger partial charge in [-0.25, -0.2) is 13.2 Å². The van der Waals surface area contributed by atoms with Crippen LogP contribution in [-0.4, -0.2) is 29.9 Å². The highest BCUT2D eigenvalue weighted by Gasteiger charge is 2.12. The van der Waals surface area contributed by atoms with Crippen LogP contribution in [0.15, 0.2) is 18.2 Å². The van der Waals surface area contributed by atoms with Gasteiger partial charge in [-0.15, -0.1) is 0 Å². The fraction of sp³-hybridized carbons (Fsp3) is 0.364. The number of nitrogens with two attached hydrogens (primary N) is 1. The van der Waals surface area contributed by atoms with Gasteiger partial charge in [0.2, 0.25) is 0 Å². The second kappa shape index (κ2) is 5.97. The van der Waals surface area contributed by atoms with Gasteiger partial charge in [0.05, 0.1) is 6.54 Å². The van der Waals surface area contributed by atoms with E-state index in [4.69, 9.17) is 18.0 Å². The van der Waals surface area contributed by atoms with Crippen molar-refractivity contribution in [1.29, 1.82) is 0 Å². The number of rotatable bonds is 5. The van der Waals surface area contributed by atoms with E-state index in [1.165, 1.54) is 23.1 Å². The van der Waals surface area contributed by atoms with E-state index in [1.807, 2.05) is 0 Å². The summed E-state index contributed by atoms with van der Waals surface area (Å²) in [5.74, 6) is -0.451. The molecule has 6 heteroatoms. The van der Waals surface area contributed by atoms with Crippen molar-refractivity contribution in [2.45, 2.75) is 13.0 Å². The summed E-state index contributed by atoms with van der Waals surface area (Å²) in [6.07, 6.45) is -2.41. The molecule has 2 N–H and O–H groups in total. The zero-order valence-electron chi connectivity index (χ0n) is 9.29. The number of benzene rings is 1. The highest BCUT2D eigenvalue weighted by Crippen LogP contribution is 2.14. The lowest BCUT2D eigenvalue weighted by Gasteiger charge is -2.18. The average Bonchev–Trinajstić information content (AvgIpc) is 2.19. The van der Waals surface area contributed by atoms with Gasteiger partial charge in [0.15, 0.2) is 0 Å². The summed E-state index contributed by atoms with van der Waals surface area (Å²) in [4.78, 5) is 1.49. The van der Waals surface area contributed by atoms with E-state index < -0.39 is 12.2 Å². The first-order chi connectivity index (χ1) is 7.90. The summed E-state index contributed by atoms with van der Waals surface area (Å²) in [6.45, 7) is -0.106. The Morgan fingerprint density at radius 2 is 2.12 bits per heavy atom. The molecule has 1 aromatic rings. The third kappa shape index (κ3) is 4.32. The number of halogens is 3. The molecule has 0 heterocycles. The first kappa shape index (κ1) is 13.9. The van der Waals surface area contributed by atoms with Crippen LogP contribution in [0.3, 0.4) is 0 Å². The van der Waals surface area contributed by atoms with E-state index in [2.05, 4.69) is 0 Å². The fourth-order valence-corrected chi connectivity index (χ4v) is 1.70.